The fourth-order valence-corrected chi connectivity index (χ4v) is 1.63. The molecule has 0 fully saturated rings. The summed E-state index contributed by atoms with van der Waals surface area (Å²) in [5.41, 5.74) is 4.61. The number of hydrogen-bond acceptors (Lipinski definition) is 5. The molecular weight excluding hydrogens is 272 g/mol. The zero-order chi connectivity index (χ0) is 16.5. The first-order valence-electron chi connectivity index (χ1n) is 7.28. The number of amides is 2. The number of carbonyl (C=O) groups excluding carboxylic acids is 2. The minimum atomic E-state index is -0.627. The van der Waals surface area contributed by atoms with Crippen LogP contribution in [0.15, 0.2) is 0 Å². The molecule has 0 saturated carbocycles. The van der Waals surface area contributed by atoms with Crippen molar-refractivity contribution in [1.29, 1.82) is 0 Å². The molecule has 0 rings (SSSR count). The Labute approximate surface area is 127 Å². The van der Waals surface area contributed by atoms with E-state index in [4.69, 9.17) is 10.6 Å². The van der Waals surface area contributed by atoms with Crippen molar-refractivity contribution in [3.63, 3.8) is 0 Å². The molecule has 21 heavy (non-hydrogen) atoms. The maximum atomic E-state index is 11.8. The molecule has 0 radical (unpaired) electrons. The van der Waals surface area contributed by atoms with Gasteiger partial charge >= 0.3 is 0 Å². The smallest absolute Gasteiger partial charge is 0.234 e. The monoisotopic (exact) mass is 302 g/mol. The Kier molecular flexibility index (Phi) is 9.16. The first-order valence-corrected chi connectivity index (χ1v) is 7.28. The summed E-state index contributed by atoms with van der Waals surface area (Å²) in [5, 5.41) is 7.04. The summed E-state index contributed by atoms with van der Waals surface area (Å²) in [6.45, 7) is 8.66. The van der Waals surface area contributed by atoms with E-state index >= 15 is 0 Å². The van der Waals surface area contributed by atoms with Crippen molar-refractivity contribution in [2.45, 2.75) is 46.1 Å². The lowest BCUT2D eigenvalue weighted by atomic mass is 10.00. The van der Waals surface area contributed by atoms with Gasteiger partial charge in [-0.25, -0.2) is 0 Å². The summed E-state index contributed by atoms with van der Waals surface area (Å²) >= 11 is 0. The fraction of sp³-hybridized carbons (Fsp3) is 0.857. The van der Waals surface area contributed by atoms with Gasteiger partial charge < -0.3 is 16.4 Å². The van der Waals surface area contributed by atoms with Gasteiger partial charge in [-0.05, 0) is 26.2 Å². The van der Waals surface area contributed by atoms with Gasteiger partial charge in [0, 0.05) is 19.0 Å². The van der Waals surface area contributed by atoms with E-state index in [2.05, 4.69) is 24.5 Å². The second-order valence-electron chi connectivity index (χ2n) is 6.21. The molecule has 0 bridgehead atoms. The highest BCUT2D eigenvalue weighted by Gasteiger charge is 2.23. The SMILES string of the molecule is CC(C)CCON(C)CNC(=O)CC(C)(C)NC(=O)CN. The van der Waals surface area contributed by atoms with Gasteiger partial charge in [0.1, 0.15) is 0 Å². The predicted octanol–water partition coefficient (Wildman–Crippen LogP) is 0.213. The first-order chi connectivity index (χ1) is 9.66. The lowest BCUT2D eigenvalue weighted by Crippen LogP contribution is -2.49. The lowest BCUT2D eigenvalue weighted by Gasteiger charge is -2.26. The maximum Gasteiger partial charge on any atom is 0.234 e. The molecule has 2 amide bonds. The minimum absolute atomic E-state index is 0.0858. The Bertz CT molecular complexity index is 332. The first kappa shape index (κ1) is 19.8. The van der Waals surface area contributed by atoms with Gasteiger partial charge in [-0.3, -0.25) is 14.4 Å². The second-order valence-corrected chi connectivity index (χ2v) is 6.21. The molecule has 0 unspecified atom stereocenters. The quantitative estimate of drug-likeness (QED) is 0.396. The molecule has 0 aliphatic heterocycles. The highest BCUT2D eigenvalue weighted by Crippen LogP contribution is 2.07. The van der Waals surface area contributed by atoms with Crippen LogP contribution >= 0.6 is 0 Å². The number of rotatable bonds is 10. The molecule has 0 saturated heterocycles. The van der Waals surface area contributed by atoms with Crippen LogP contribution in [0, 0.1) is 5.92 Å². The van der Waals surface area contributed by atoms with Crippen LogP contribution in [0.1, 0.15) is 40.5 Å². The Balaban J connectivity index is 3.95. The standard InChI is InChI=1S/C14H30N4O3/c1-11(2)6-7-21-18(5)10-16-12(19)8-14(3,4)17-13(20)9-15/h11H,6-10,15H2,1-5H3,(H,16,19)(H,17,20). The number of hydrogen-bond donors (Lipinski definition) is 3. The molecular formula is C14H30N4O3. The Morgan fingerprint density at radius 2 is 1.90 bits per heavy atom. The van der Waals surface area contributed by atoms with Crippen LogP contribution in [0.5, 0.6) is 0 Å². The van der Waals surface area contributed by atoms with E-state index in [1.165, 1.54) is 0 Å². The molecule has 0 heterocycles. The topological polar surface area (TPSA) is 96.7 Å². The highest BCUT2D eigenvalue weighted by atomic mass is 16.7. The molecule has 4 N–H and O–H groups in total. The van der Waals surface area contributed by atoms with Crippen LogP contribution in [-0.2, 0) is 14.4 Å². The molecule has 0 aliphatic rings. The third-order valence-corrected chi connectivity index (χ3v) is 2.77. The molecule has 124 valence electrons. The summed E-state index contributed by atoms with van der Waals surface area (Å²) in [7, 11) is 1.77. The van der Waals surface area contributed by atoms with Crippen molar-refractivity contribution in [1.82, 2.24) is 15.7 Å². The third-order valence-electron chi connectivity index (χ3n) is 2.77. The summed E-state index contributed by atoms with van der Waals surface area (Å²) in [4.78, 5) is 28.5. The second kappa shape index (κ2) is 9.70. The summed E-state index contributed by atoms with van der Waals surface area (Å²) in [6, 6.07) is 0. The highest BCUT2D eigenvalue weighted by molar-refractivity contribution is 5.81. The van der Waals surface area contributed by atoms with Crippen LogP contribution in [-0.4, -0.2) is 49.3 Å². The predicted molar refractivity (Wildman–Crippen MR) is 82.1 cm³/mol. The summed E-state index contributed by atoms with van der Waals surface area (Å²) in [5.74, 6) is 0.151. The zero-order valence-corrected chi connectivity index (χ0v) is 13.9. The molecule has 0 atom stereocenters. The van der Waals surface area contributed by atoms with E-state index in [0.29, 0.717) is 19.2 Å². The van der Waals surface area contributed by atoms with Gasteiger partial charge in [0.15, 0.2) is 0 Å². The summed E-state index contributed by atoms with van der Waals surface area (Å²) in [6.07, 6.45) is 1.15. The van der Waals surface area contributed by atoms with E-state index in [1.807, 2.05) is 0 Å². The van der Waals surface area contributed by atoms with Gasteiger partial charge in [-0.15, -0.1) is 0 Å². The van der Waals surface area contributed by atoms with Gasteiger partial charge in [0.05, 0.1) is 19.8 Å². The van der Waals surface area contributed by atoms with Crippen LogP contribution in [0.4, 0.5) is 0 Å². The van der Waals surface area contributed by atoms with E-state index in [9.17, 15) is 9.59 Å². The Morgan fingerprint density at radius 3 is 2.43 bits per heavy atom. The van der Waals surface area contributed by atoms with E-state index in [1.54, 1.807) is 26.0 Å². The molecule has 0 aliphatic carbocycles. The van der Waals surface area contributed by atoms with Crippen molar-refractivity contribution in [2.24, 2.45) is 11.7 Å². The molecule has 0 aromatic heterocycles. The van der Waals surface area contributed by atoms with Crippen LogP contribution in [0.25, 0.3) is 0 Å². The lowest BCUT2D eigenvalue weighted by molar-refractivity contribution is -0.152. The fourth-order valence-electron chi connectivity index (χ4n) is 1.63. The molecule has 7 nitrogen and oxygen atoms in total. The van der Waals surface area contributed by atoms with Crippen molar-refractivity contribution < 1.29 is 14.4 Å². The zero-order valence-electron chi connectivity index (χ0n) is 13.9. The maximum absolute atomic E-state index is 11.8. The van der Waals surface area contributed by atoms with Crippen molar-refractivity contribution in [3.05, 3.63) is 0 Å². The molecule has 7 heteroatoms. The average Bonchev–Trinajstić information content (AvgIpc) is 2.34. The largest absolute Gasteiger partial charge is 0.350 e. The number of carbonyl (C=O) groups is 2. The van der Waals surface area contributed by atoms with E-state index in [0.717, 1.165) is 6.42 Å². The molecule has 0 spiro atoms. The van der Waals surface area contributed by atoms with Crippen LogP contribution in [0.2, 0.25) is 0 Å². The van der Waals surface area contributed by atoms with Gasteiger partial charge in [-0.1, -0.05) is 13.8 Å². The van der Waals surface area contributed by atoms with Crippen molar-refractivity contribution in [2.75, 3.05) is 26.9 Å². The number of nitrogens with two attached hydrogens (primary N) is 1. The average molecular weight is 302 g/mol. The number of hydroxylamine groups is 2. The van der Waals surface area contributed by atoms with Gasteiger partial charge in [0.25, 0.3) is 0 Å². The van der Waals surface area contributed by atoms with E-state index in [-0.39, 0.29) is 24.8 Å². The third kappa shape index (κ3) is 11.2. The molecule has 0 aromatic carbocycles. The minimum Gasteiger partial charge on any atom is -0.350 e. The summed E-state index contributed by atoms with van der Waals surface area (Å²) < 4.78 is 0. The van der Waals surface area contributed by atoms with Crippen molar-refractivity contribution >= 4 is 11.8 Å². The van der Waals surface area contributed by atoms with Crippen LogP contribution in [0.3, 0.4) is 0 Å². The van der Waals surface area contributed by atoms with Gasteiger partial charge in [-0.2, -0.15) is 5.06 Å². The van der Waals surface area contributed by atoms with Crippen LogP contribution < -0.4 is 16.4 Å². The van der Waals surface area contributed by atoms with Crippen molar-refractivity contribution in [3.8, 4) is 0 Å². The number of nitrogens with one attached hydrogen (secondary N) is 2. The molecule has 0 aromatic rings. The number of nitrogens with zero attached hydrogens (tertiary/aromatic N) is 1. The van der Waals surface area contributed by atoms with Gasteiger partial charge in [0.2, 0.25) is 11.8 Å². The Hall–Kier alpha value is -1.18. The Morgan fingerprint density at radius 1 is 1.29 bits per heavy atom. The normalized spacial score (nSPS) is 11.8. The van der Waals surface area contributed by atoms with E-state index < -0.39 is 5.54 Å².